The van der Waals surface area contributed by atoms with Crippen LogP contribution in [0.3, 0.4) is 0 Å². The van der Waals surface area contributed by atoms with Gasteiger partial charge in [0.25, 0.3) is 0 Å². The molecule has 0 saturated carbocycles. The molecule has 1 rings (SSSR count). The van der Waals surface area contributed by atoms with Crippen LogP contribution < -0.4 is 0 Å². The van der Waals surface area contributed by atoms with Crippen LogP contribution in [0.25, 0.3) is 0 Å². The molecule has 102 valence electrons. The minimum absolute atomic E-state index is 0.0605. The Hall–Kier alpha value is -0.870. The van der Waals surface area contributed by atoms with Crippen LogP contribution in [-0.4, -0.2) is 26.8 Å². The predicted octanol–water partition coefficient (Wildman–Crippen LogP) is 2.85. The number of benzene rings is 1. The second kappa shape index (κ2) is 4.67. The van der Waals surface area contributed by atoms with Gasteiger partial charge in [-0.05, 0) is 42.0 Å². The van der Waals surface area contributed by atoms with Crippen LogP contribution in [-0.2, 0) is 15.4 Å². The summed E-state index contributed by atoms with van der Waals surface area (Å²) in [7, 11) is -0.253. The summed E-state index contributed by atoms with van der Waals surface area (Å²) in [6, 6.07) is 3.88. The molecule has 0 atom stereocenters. The molecule has 0 N–H and O–H groups in total. The van der Waals surface area contributed by atoms with Gasteiger partial charge in [-0.25, -0.2) is 12.7 Å². The van der Waals surface area contributed by atoms with E-state index in [1.165, 1.54) is 4.31 Å². The SMILES string of the molecule is Cc1cc(C(C)(C)C)cc(S(=O)(=O)N(C)C)c1C. The van der Waals surface area contributed by atoms with Gasteiger partial charge in [0.15, 0.2) is 0 Å². The van der Waals surface area contributed by atoms with Crippen LogP contribution in [0.2, 0.25) is 0 Å². The number of hydrogen-bond acceptors (Lipinski definition) is 2. The molecular formula is C14H23NO2S. The highest BCUT2D eigenvalue weighted by atomic mass is 32.2. The van der Waals surface area contributed by atoms with E-state index in [2.05, 4.69) is 26.8 Å². The Balaban J connectivity index is 3.61. The molecule has 0 heterocycles. The number of aryl methyl sites for hydroxylation is 1. The number of rotatable bonds is 2. The van der Waals surface area contributed by atoms with Crippen LogP contribution in [0.1, 0.15) is 37.5 Å². The van der Waals surface area contributed by atoms with Gasteiger partial charge in [0.05, 0.1) is 4.90 Å². The maximum absolute atomic E-state index is 12.3. The van der Waals surface area contributed by atoms with Gasteiger partial charge in [0.2, 0.25) is 10.0 Å². The predicted molar refractivity (Wildman–Crippen MR) is 75.5 cm³/mol. The molecule has 0 aliphatic rings. The van der Waals surface area contributed by atoms with E-state index in [4.69, 9.17) is 0 Å². The first-order valence-corrected chi connectivity index (χ1v) is 7.46. The highest BCUT2D eigenvalue weighted by Gasteiger charge is 2.24. The van der Waals surface area contributed by atoms with Crippen LogP contribution in [0.5, 0.6) is 0 Å². The van der Waals surface area contributed by atoms with Gasteiger partial charge in [0, 0.05) is 14.1 Å². The van der Waals surface area contributed by atoms with E-state index in [1.54, 1.807) is 20.2 Å². The number of nitrogens with zero attached hydrogens (tertiary/aromatic N) is 1. The molecular weight excluding hydrogens is 246 g/mol. The van der Waals surface area contributed by atoms with Gasteiger partial charge in [-0.3, -0.25) is 0 Å². The summed E-state index contributed by atoms with van der Waals surface area (Å²) in [6.45, 7) is 10.1. The molecule has 0 saturated heterocycles. The molecule has 0 bridgehead atoms. The van der Waals surface area contributed by atoms with Crippen molar-refractivity contribution in [2.75, 3.05) is 14.1 Å². The Morgan fingerprint density at radius 3 is 1.94 bits per heavy atom. The van der Waals surface area contributed by atoms with Gasteiger partial charge in [-0.1, -0.05) is 26.8 Å². The summed E-state index contributed by atoms with van der Waals surface area (Å²) in [5, 5.41) is 0. The standard InChI is InChI=1S/C14H23NO2S/c1-10-8-12(14(3,4)5)9-13(11(10)2)18(16,17)15(6)7/h8-9H,1-7H3. The zero-order chi connectivity index (χ0) is 14.3. The molecule has 3 nitrogen and oxygen atoms in total. The van der Waals surface area contributed by atoms with Gasteiger partial charge in [-0.15, -0.1) is 0 Å². The van der Waals surface area contributed by atoms with E-state index in [0.29, 0.717) is 4.90 Å². The Bertz CT molecular complexity index is 552. The molecule has 18 heavy (non-hydrogen) atoms. The highest BCUT2D eigenvalue weighted by molar-refractivity contribution is 7.89. The second-order valence-electron chi connectivity index (χ2n) is 5.95. The lowest BCUT2D eigenvalue weighted by Crippen LogP contribution is -2.24. The molecule has 0 aliphatic heterocycles. The minimum Gasteiger partial charge on any atom is -0.207 e. The summed E-state index contributed by atoms with van der Waals surface area (Å²) in [5.41, 5.74) is 2.83. The van der Waals surface area contributed by atoms with Gasteiger partial charge in [-0.2, -0.15) is 0 Å². The van der Waals surface area contributed by atoms with Crippen molar-refractivity contribution in [3.05, 3.63) is 28.8 Å². The van der Waals surface area contributed by atoms with Crippen LogP contribution in [0.15, 0.2) is 17.0 Å². The van der Waals surface area contributed by atoms with E-state index in [0.717, 1.165) is 16.7 Å². The highest BCUT2D eigenvalue weighted by Crippen LogP contribution is 2.29. The topological polar surface area (TPSA) is 37.4 Å². The minimum atomic E-state index is -3.38. The van der Waals surface area contributed by atoms with E-state index in [9.17, 15) is 8.42 Å². The first-order valence-electron chi connectivity index (χ1n) is 6.02. The van der Waals surface area contributed by atoms with Gasteiger partial charge < -0.3 is 0 Å². The molecule has 0 aromatic heterocycles. The smallest absolute Gasteiger partial charge is 0.207 e. The van der Waals surface area contributed by atoms with E-state index in [1.807, 2.05) is 13.8 Å². The van der Waals surface area contributed by atoms with Crippen molar-refractivity contribution in [2.24, 2.45) is 0 Å². The lowest BCUT2D eigenvalue weighted by Gasteiger charge is -2.23. The molecule has 0 amide bonds. The average molecular weight is 269 g/mol. The molecule has 1 aromatic carbocycles. The fourth-order valence-electron chi connectivity index (χ4n) is 1.72. The van der Waals surface area contributed by atoms with E-state index in [-0.39, 0.29) is 5.41 Å². The third-order valence-electron chi connectivity index (χ3n) is 3.24. The Morgan fingerprint density at radius 1 is 1.06 bits per heavy atom. The molecule has 0 radical (unpaired) electrons. The van der Waals surface area contributed by atoms with E-state index >= 15 is 0 Å². The van der Waals surface area contributed by atoms with Crippen LogP contribution in [0, 0.1) is 13.8 Å². The molecule has 0 fully saturated rings. The Morgan fingerprint density at radius 2 is 1.56 bits per heavy atom. The number of sulfonamides is 1. The third-order valence-corrected chi connectivity index (χ3v) is 5.19. The normalized spacial score (nSPS) is 13.1. The van der Waals surface area contributed by atoms with Crippen molar-refractivity contribution < 1.29 is 8.42 Å². The number of hydrogen-bond donors (Lipinski definition) is 0. The summed E-state index contributed by atoms with van der Waals surface area (Å²) in [4.78, 5) is 0.414. The molecule has 0 unspecified atom stereocenters. The van der Waals surface area contributed by atoms with Crippen molar-refractivity contribution >= 4 is 10.0 Å². The summed E-state index contributed by atoms with van der Waals surface area (Å²) in [6.07, 6.45) is 0. The largest absolute Gasteiger partial charge is 0.242 e. The lowest BCUT2D eigenvalue weighted by atomic mass is 9.85. The van der Waals surface area contributed by atoms with Crippen molar-refractivity contribution in [2.45, 2.75) is 44.9 Å². The maximum atomic E-state index is 12.3. The third kappa shape index (κ3) is 2.75. The van der Waals surface area contributed by atoms with Gasteiger partial charge >= 0.3 is 0 Å². The van der Waals surface area contributed by atoms with Crippen molar-refractivity contribution in [3.63, 3.8) is 0 Å². The first-order chi connectivity index (χ1) is 7.98. The van der Waals surface area contributed by atoms with E-state index < -0.39 is 10.0 Å². The summed E-state index contributed by atoms with van der Waals surface area (Å²) in [5.74, 6) is 0. The van der Waals surface area contributed by atoms with Gasteiger partial charge in [0.1, 0.15) is 0 Å². The molecule has 0 spiro atoms. The molecule has 0 aliphatic carbocycles. The van der Waals surface area contributed by atoms with Crippen LogP contribution in [0.4, 0.5) is 0 Å². The van der Waals surface area contributed by atoms with Crippen LogP contribution >= 0.6 is 0 Å². The zero-order valence-electron chi connectivity index (χ0n) is 12.3. The average Bonchev–Trinajstić information content (AvgIpc) is 2.19. The quantitative estimate of drug-likeness (QED) is 0.828. The Labute approximate surface area is 111 Å². The fourth-order valence-corrected chi connectivity index (χ4v) is 2.94. The van der Waals surface area contributed by atoms with Crippen molar-refractivity contribution in [1.29, 1.82) is 0 Å². The summed E-state index contributed by atoms with van der Waals surface area (Å²) < 4.78 is 25.9. The molecule has 4 heteroatoms. The fraction of sp³-hybridized carbons (Fsp3) is 0.571. The Kier molecular flexibility index (Phi) is 3.94. The monoisotopic (exact) mass is 269 g/mol. The lowest BCUT2D eigenvalue weighted by molar-refractivity contribution is 0.519. The van der Waals surface area contributed by atoms with Crippen molar-refractivity contribution in [3.8, 4) is 0 Å². The van der Waals surface area contributed by atoms with Crippen molar-refractivity contribution in [1.82, 2.24) is 4.31 Å². The first kappa shape index (κ1) is 15.2. The second-order valence-corrected chi connectivity index (χ2v) is 8.07. The summed E-state index contributed by atoms with van der Waals surface area (Å²) >= 11 is 0. The maximum Gasteiger partial charge on any atom is 0.242 e. The zero-order valence-corrected chi connectivity index (χ0v) is 13.1. The molecule has 1 aromatic rings.